The molecule has 1 nitrogen and oxygen atoms in total. The average molecular weight is 202 g/mol. The summed E-state index contributed by atoms with van der Waals surface area (Å²) in [6.45, 7) is 5.40. The van der Waals surface area contributed by atoms with Crippen LogP contribution in [0.15, 0.2) is 6.07 Å². The van der Waals surface area contributed by atoms with Gasteiger partial charge >= 0.3 is 0 Å². The molecule has 0 aliphatic carbocycles. The first-order valence-electron chi connectivity index (χ1n) is 4.15. The van der Waals surface area contributed by atoms with E-state index in [-0.39, 0.29) is 11.9 Å². The van der Waals surface area contributed by atoms with Crippen molar-refractivity contribution in [2.45, 2.75) is 26.8 Å². The number of benzene rings is 1. The van der Waals surface area contributed by atoms with Crippen LogP contribution in [-0.2, 0) is 0 Å². The molecule has 0 saturated heterocycles. The molecule has 1 aromatic carbocycles. The van der Waals surface area contributed by atoms with Crippen LogP contribution in [0.25, 0.3) is 0 Å². The van der Waals surface area contributed by atoms with Crippen LogP contribution < -0.4 is 5.73 Å². The third-order valence-electron chi connectivity index (χ3n) is 2.23. The normalized spacial score (nSPS) is 13.1. The summed E-state index contributed by atoms with van der Waals surface area (Å²) >= 11 is 5.84. The van der Waals surface area contributed by atoms with Gasteiger partial charge in [-0.3, -0.25) is 0 Å². The molecule has 0 radical (unpaired) electrons. The van der Waals surface area contributed by atoms with Crippen molar-refractivity contribution in [2.24, 2.45) is 5.73 Å². The highest BCUT2D eigenvalue weighted by molar-refractivity contribution is 6.31. The maximum atomic E-state index is 13.2. The Bertz CT molecular complexity index is 308. The van der Waals surface area contributed by atoms with Crippen molar-refractivity contribution in [1.29, 1.82) is 0 Å². The monoisotopic (exact) mass is 201 g/mol. The van der Waals surface area contributed by atoms with Gasteiger partial charge in [0, 0.05) is 11.1 Å². The van der Waals surface area contributed by atoms with Crippen LogP contribution in [0.4, 0.5) is 4.39 Å². The standard InChI is InChI=1S/C10H13ClFN/c1-5-8(11)4-9(12)6(2)10(5)7(3)13/h4,7H,13H2,1-3H3. The molecular weight excluding hydrogens is 189 g/mol. The second-order valence-corrected chi connectivity index (χ2v) is 3.70. The first-order chi connectivity index (χ1) is 5.95. The lowest BCUT2D eigenvalue weighted by Gasteiger charge is -2.15. The summed E-state index contributed by atoms with van der Waals surface area (Å²) in [4.78, 5) is 0. The summed E-state index contributed by atoms with van der Waals surface area (Å²) in [5, 5.41) is 0.440. The Morgan fingerprint density at radius 2 is 1.92 bits per heavy atom. The zero-order valence-corrected chi connectivity index (χ0v) is 8.74. The Morgan fingerprint density at radius 3 is 2.38 bits per heavy atom. The van der Waals surface area contributed by atoms with E-state index in [1.54, 1.807) is 6.92 Å². The molecule has 0 spiro atoms. The van der Waals surface area contributed by atoms with E-state index in [0.29, 0.717) is 10.6 Å². The largest absolute Gasteiger partial charge is 0.324 e. The van der Waals surface area contributed by atoms with Gasteiger partial charge in [0.25, 0.3) is 0 Å². The third-order valence-corrected chi connectivity index (χ3v) is 2.63. The van der Waals surface area contributed by atoms with Crippen molar-refractivity contribution in [3.8, 4) is 0 Å². The Hall–Kier alpha value is -0.600. The maximum absolute atomic E-state index is 13.2. The van der Waals surface area contributed by atoms with Gasteiger partial charge in [-0.2, -0.15) is 0 Å². The first-order valence-corrected chi connectivity index (χ1v) is 4.53. The summed E-state index contributed by atoms with van der Waals surface area (Å²) < 4.78 is 13.2. The number of rotatable bonds is 1. The predicted octanol–water partition coefficient (Wildman–Crippen LogP) is 3.12. The van der Waals surface area contributed by atoms with Crippen LogP contribution in [0, 0.1) is 19.7 Å². The van der Waals surface area contributed by atoms with Gasteiger partial charge in [0.15, 0.2) is 0 Å². The highest BCUT2D eigenvalue weighted by Gasteiger charge is 2.13. The SMILES string of the molecule is Cc1c(F)cc(Cl)c(C)c1C(C)N. The van der Waals surface area contributed by atoms with Crippen molar-refractivity contribution >= 4 is 11.6 Å². The van der Waals surface area contributed by atoms with Crippen LogP contribution in [0.3, 0.4) is 0 Å². The fourth-order valence-electron chi connectivity index (χ4n) is 1.55. The average Bonchev–Trinajstić information content (AvgIpc) is 2.01. The second-order valence-electron chi connectivity index (χ2n) is 3.29. The van der Waals surface area contributed by atoms with Gasteiger partial charge in [-0.15, -0.1) is 0 Å². The predicted molar refractivity (Wildman–Crippen MR) is 53.5 cm³/mol. The molecule has 0 aromatic heterocycles. The van der Waals surface area contributed by atoms with Crippen molar-refractivity contribution in [1.82, 2.24) is 0 Å². The summed E-state index contributed by atoms with van der Waals surface area (Å²) in [5.41, 5.74) is 8.00. The van der Waals surface area contributed by atoms with Crippen LogP contribution in [0.2, 0.25) is 5.02 Å². The molecule has 0 aliphatic rings. The minimum absolute atomic E-state index is 0.187. The van der Waals surface area contributed by atoms with Crippen LogP contribution >= 0.6 is 11.6 Å². The van der Waals surface area contributed by atoms with Crippen molar-refractivity contribution in [2.75, 3.05) is 0 Å². The molecule has 13 heavy (non-hydrogen) atoms. The quantitative estimate of drug-likeness (QED) is 0.743. The van der Waals surface area contributed by atoms with Gasteiger partial charge in [-0.05, 0) is 43.5 Å². The van der Waals surface area contributed by atoms with E-state index in [2.05, 4.69) is 0 Å². The molecule has 0 bridgehead atoms. The summed E-state index contributed by atoms with van der Waals surface area (Å²) in [6, 6.07) is 1.14. The fourth-order valence-corrected chi connectivity index (χ4v) is 1.75. The minimum Gasteiger partial charge on any atom is -0.324 e. The molecule has 1 atom stereocenters. The molecule has 1 rings (SSSR count). The van der Waals surface area contributed by atoms with E-state index in [0.717, 1.165) is 11.1 Å². The lowest BCUT2D eigenvalue weighted by atomic mass is 9.97. The molecular formula is C10H13ClFN. The Balaban J connectivity index is 3.46. The smallest absolute Gasteiger partial charge is 0.127 e. The van der Waals surface area contributed by atoms with Crippen molar-refractivity contribution in [3.63, 3.8) is 0 Å². The highest BCUT2D eigenvalue weighted by atomic mass is 35.5. The molecule has 0 fully saturated rings. The van der Waals surface area contributed by atoms with Gasteiger partial charge in [0.05, 0.1) is 0 Å². The molecule has 0 saturated carbocycles. The second kappa shape index (κ2) is 3.64. The Kier molecular flexibility index (Phi) is 2.94. The van der Waals surface area contributed by atoms with E-state index in [9.17, 15) is 4.39 Å². The van der Waals surface area contributed by atoms with Gasteiger partial charge in [-0.25, -0.2) is 4.39 Å². The molecule has 2 N–H and O–H groups in total. The number of nitrogens with two attached hydrogens (primary N) is 1. The van der Waals surface area contributed by atoms with E-state index >= 15 is 0 Å². The zero-order valence-electron chi connectivity index (χ0n) is 7.99. The van der Waals surface area contributed by atoms with E-state index in [1.807, 2.05) is 13.8 Å². The molecule has 3 heteroatoms. The number of hydrogen-bond donors (Lipinski definition) is 1. The fraction of sp³-hybridized carbons (Fsp3) is 0.400. The first kappa shape index (κ1) is 10.5. The van der Waals surface area contributed by atoms with Crippen LogP contribution in [-0.4, -0.2) is 0 Å². The lowest BCUT2D eigenvalue weighted by molar-refractivity contribution is 0.610. The number of hydrogen-bond acceptors (Lipinski definition) is 1. The summed E-state index contributed by atoms with van der Waals surface area (Å²) in [6.07, 6.45) is 0. The van der Waals surface area contributed by atoms with Crippen molar-refractivity contribution < 1.29 is 4.39 Å². The van der Waals surface area contributed by atoms with Crippen LogP contribution in [0.5, 0.6) is 0 Å². The lowest BCUT2D eigenvalue weighted by Crippen LogP contribution is -2.10. The molecule has 72 valence electrons. The van der Waals surface area contributed by atoms with Gasteiger partial charge < -0.3 is 5.73 Å². The van der Waals surface area contributed by atoms with E-state index in [4.69, 9.17) is 17.3 Å². The zero-order chi connectivity index (χ0) is 10.2. The topological polar surface area (TPSA) is 26.0 Å². The number of halogens is 2. The van der Waals surface area contributed by atoms with Gasteiger partial charge in [0.1, 0.15) is 5.82 Å². The molecule has 1 aromatic rings. The maximum Gasteiger partial charge on any atom is 0.127 e. The molecule has 0 aliphatic heterocycles. The highest BCUT2D eigenvalue weighted by Crippen LogP contribution is 2.28. The molecule has 0 heterocycles. The van der Waals surface area contributed by atoms with Gasteiger partial charge in [-0.1, -0.05) is 11.6 Å². The van der Waals surface area contributed by atoms with Crippen molar-refractivity contribution in [3.05, 3.63) is 33.6 Å². The molecule has 0 amide bonds. The Morgan fingerprint density at radius 1 is 1.38 bits per heavy atom. The van der Waals surface area contributed by atoms with Gasteiger partial charge in [0.2, 0.25) is 0 Å². The molecule has 1 unspecified atom stereocenters. The summed E-state index contributed by atoms with van der Waals surface area (Å²) in [7, 11) is 0. The Labute approximate surface area is 82.7 Å². The van der Waals surface area contributed by atoms with E-state index in [1.165, 1.54) is 6.07 Å². The summed E-state index contributed by atoms with van der Waals surface area (Å²) in [5.74, 6) is -0.289. The minimum atomic E-state index is -0.289. The van der Waals surface area contributed by atoms with E-state index < -0.39 is 0 Å². The van der Waals surface area contributed by atoms with Crippen LogP contribution in [0.1, 0.15) is 29.7 Å². The third kappa shape index (κ3) is 1.84.